The zero-order valence-electron chi connectivity index (χ0n) is 7.67. The Morgan fingerprint density at radius 3 is 2.58 bits per heavy atom. The topological polar surface area (TPSA) is 50.7 Å². The molecule has 4 nitrogen and oxygen atoms in total. The summed E-state index contributed by atoms with van der Waals surface area (Å²) in [4.78, 5) is 0. The van der Waals surface area contributed by atoms with E-state index in [4.69, 9.17) is 9.47 Å². The van der Waals surface area contributed by atoms with Gasteiger partial charge in [0.1, 0.15) is 0 Å². The Hall–Kier alpha value is -0.160. The Bertz CT molecular complexity index is 130. The first-order valence-electron chi connectivity index (χ1n) is 4.19. The molecule has 0 aliphatic carbocycles. The molecule has 1 saturated heterocycles. The van der Waals surface area contributed by atoms with Gasteiger partial charge in [-0.1, -0.05) is 0 Å². The lowest BCUT2D eigenvalue weighted by atomic mass is 9.99. The molecule has 72 valence electrons. The highest BCUT2D eigenvalue weighted by atomic mass is 16.7. The highest BCUT2D eigenvalue weighted by molar-refractivity contribution is 4.88. The van der Waals surface area contributed by atoms with Crippen LogP contribution in [0, 0.1) is 0 Å². The number of hydrogen-bond donors (Lipinski definition) is 2. The first-order chi connectivity index (χ1) is 5.70. The summed E-state index contributed by atoms with van der Waals surface area (Å²) < 4.78 is 10.0. The van der Waals surface area contributed by atoms with Crippen LogP contribution in [0.2, 0.25) is 0 Å². The maximum atomic E-state index is 9.90. The van der Waals surface area contributed by atoms with E-state index < -0.39 is 5.60 Å². The molecule has 0 aromatic rings. The fraction of sp³-hybridized carbons (Fsp3) is 1.00. The summed E-state index contributed by atoms with van der Waals surface area (Å²) in [6, 6.07) is 0. The van der Waals surface area contributed by atoms with Crippen molar-refractivity contribution in [2.45, 2.75) is 24.7 Å². The van der Waals surface area contributed by atoms with E-state index in [1.807, 2.05) is 0 Å². The van der Waals surface area contributed by atoms with Crippen molar-refractivity contribution in [1.29, 1.82) is 0 Å². The van der Waals surface area contributed by atoms with Crippen molar-refractivity contribution >= 4 is 0 Å². The maximum absolute atomic E-state index is 9.90. The van der Waals surface area contributed by atoms with Gasteiger partial charge >= 0.3 is 0 Å². The second-order valence-electron chi connectivity index (χ2n) is 3.26. The fourth-order valence-corrected chi connectivity index (χ4v) is 1.48. The predicted octanol–water partition coefficient (Wildman–Crippen LogP) is -0.280. The summed E-state index contributed by atoms with van der Waals surface area (Å²) in [5.41, 5.74) is -0.642. The zero-order chi connectivity index (χ0) is 9.03. The molecule has 1 rings (SSSR count). The van der Waals surface area contributed by atoms with E-state index in [2.05, 4.69) is 5.32 Å². The number of methoxy groups -OCH3 is 2. The van der Waals surface area contributed by atoms with Gasteiger partial charge in [-0.25, -0.2) is 0 Å². The van der Waals surface area contributed by atoms with Crippen LogP contribution in [0.4, 0.5) is 0 Å². The minimum atomic E-state index is -0.642. The number of rotatable bonds is 4. The normalized spacial score (nSPS) is 30.0. The van der Waals surface area contributed by atoms with E-state index in [1.165, 1.54) is 0 Å². The summed E-state index contributed by atoms with van der Waals surface area (Å²) in [7, 11) is 3.17. The lowest BCUT2D eigenvalue weighted by Gasteiger charge is -2.25. The third-order valence-corrected chi connectivity index (χ3v) is 2.29. The largest absolute Gasteiger partial charge is 0.388 e. The molecule has 1 aliphatic heterocycles. The van der Waals surface area contributed by atoms with Crippen molar-refractivity contribution < 1.29 is 14.6 Å². The van der Waals surface area contributed by atoms with Crippen LogP contribution >= 0.6 is 0 Å². The average molecular weight is 175 g/mol. The van der Waals surface area contributed by atoms with Gasteiger partial charge in [0.25, 0.3) is 0 Å². The highest BCUT2D eigenvalue weighted by Gasteiger charge is 2.33. The summed E-state index contributed by atoms with van der Waals surface area (Å²) in [5, 5.41) is 13.0. The molecule has 1 unspecified atom stereocenters. The number of aliphatic hydroxyl groups is 1. The van der Waals surface area contributed by atoms with Crippen LogP contribution in [0.25, 0.3) is 0 Å². The van der Waals surface area contributed by atoms with Crippen molar-refractivity contribution in [1.82, 2.24) is 5.32 Å². The monoisotopic (exact) mass is 175 g/mol. The average Bonchev–Trinajstić information content (AvgIpc) is 2.48. The molecule has 2 N–H and O–H groups in total. The standard InChI is InChI=1S/C8H17NO3/c1-11-7(12-2)5-8(10)3-4-9-6-8/h7,9-10H,3-6H2,1-2H3. The van der Waals surface area contributed by atoms with Crippen LogP contribution in [0.5, 0.6) is 0 Å². The SMILES string of the molecule is COC(CC1(O)CCNC1)OC. The van der Waals surface area contributed by atoms with Crippen molar-refractivity contribution in [3.63, 3.8) is 0 Å². The molecule has 0 aromatic carbocycles. The maximum Gasteiger partial charge on any atom is 0.159 e. The molecule has 1 aliphatic rings. The minimum Gasteiger partial charge on any atom is -0.388 e. The van der Waals surface area contributed by atoms with Crippen LogP contribution in [0.15, 0.2) is 0 Å². The van der Waals surface area contributed by atoms with Gasteiger partial charge in [-0.3, -0.25) is 0 Å². The molecule has 1 heterocycles. The number of hydrogen-bond acceptors (Lipinski definition) is 4. The lowest BCUT2D eigenvalue weighted by molar-refractivity contribution is -0.139. The molecule has 0 bridgehead atoms. The second-order valence-corrected chi connectivity index (χ2v) is 3.26. The second kappa shape index (κ2) is 4.18. The van der Waals surface area contributed by atoms with Gasteiger partial charge in [0.05, 0.1) is 5.60 Å². The third-order valence-electron chi connectivity index (χ3n) is 2.29. The highest BCUT2D eigenvalue weighted by Crippen LogP contribution is 2.21. The van der Waals surface area contributed by atoms with E-state index in [-0.39, 0.29) is 6.29 Å². The van der Waals surface area contributed by atoms with Crippen molar-refractivity contribution in [2.24, 2.45) is 0 Å². The predicted molar refractivity (Wildman–Crippen MR) is 44.9 cm³/mol. The number of ether oxygens (including phenoxy) is 2. The molecule has 1 fully saturated rings. The van der Waals surface area contributed by atoms with Crippen LogP contribution in [-0.4, -0.2) is 44.3 Å². The van der Waals surface area contributed by atoms with Gasteiger partial charge in [0.2, 0.25) is 0 Å². The minimum absolute atomic E-state index is 0.296. The van der Waals surface area contributed by atoms with Crippen molar-refractivity contribution in [3.8, 4) is 0 Å². The number of nitrogens with one attached hydrogen (secondary N) is 1. The fourth-order valence-electron chi connectivity index (χ4n) is 1.48. The molecule has 0 aromatic heterocycles. The van der Waals surface area contributed by atoms with Gasteiger partial charge in [-0.2, -0.15) is 0 Å². The van der Waals surface area contributed by atoms with Gasteiger partial charge in [-0.05, 0) is 13.0 Å². The van der Waals surface area contributed by atoms with E-state index in [0.29, 0.717) is 13.0 Å². The first-order valence-corrected chi connectivity index (χ1v) is 4.19. The third kappa shape index (κ3) is 2.42. The van der Waals surface area contributed by atoms with Gasteiger partial charge < -0.3 is 19.9 Å². The molecular weight excluding hydrogens is 158 g/mol. The van der Waals surface area contributed by atoms with E-state index in [1.54, 1.807) is 14.2 Å². The first kappa shape index (κ1) is 9.92. The van der Waals surface area contributed by atoms with Gasteiger partial charge in [-0.15, -0.1) is 0 Å². The smallest absolute Gasteiger partial charge is 0.159 e. The van der Waals surface area contributed by atoms with E-state index >= 15 is 0 Å². The van der Waals surface area contributed by atoms with Crippen LogP contribution in [0.3, 0.4) is 0 Å². The quantitative estimate of drug-likeness (QED) is 0.577. The van der Waals surface area contributed by atoms with E-state index in [0.717, 1.165) is 13.0 Å². The Morgan fingerprint density at radius 2 is 2.17 bits per heavy atom. The van der Waals surface area contributed by atoms with Crippen molar-refractivity contribution in [2.75, 3.05) is 27.3 Å². The van der Waals surface area contributed by atoms with Crippen molar-refractivity contribution in [3.05, 3.63) is 0 Å². The van der Waals surface area contributed by atoms with Gasteiger partial charge in [0, 0.05) is 27.2 Å². The molecular formula is C8H17NO3. The molecule has 4 heteroatoms. The summed E-state index contributed by atoms with van der Waals surface area (Å²) in [5.74, 6) is 0. The molecule has 12 heavy (non-hydrogen) atoms. The molecule has 1 atom stereocenters. The van der Waals surface area contributed by atoms with Crippen LogP contribution in [0.1, 0.15) is 12.8 Å². The molecule has 0 saturated carbocycles. The summed E-state index contributed by atoms with van der Waals surface area (Å²) >= 11 is 0. The molecule has 0 radical (unpaired) electrons. The Labute approximate surface area is 72.9 Å². The summed E-state index contributed by atoms with van der Waals surface area (Å²) in [6.07, 6.45) is 1.01. The molecule has 0 amide bonds. The molecule has 0 spiro atoms. The Balaban J connectivity index is 2.36. The zero-order valence-corrected chi connectivity index (χ0v) is 7.67. The van der Waals surface area contributed by atoms with Crippen LogP contribution in [-0.2, 0) is 9.47 Å². The van der Waals surface area contributed by atoms with Gasteiger partial charge in [0.15, 0.2) is 6.29 Å². The van der Waals surface area contributed by atoms with Crippen LogP contribution < -0.4 is 5.32 Å². The summed E-state index contributed by atoms with van der Waals surface area (Å²) in [6.45, 7) is 1.51. The Morgan fingerprint density at radius 1 is 1.50 bits per heavy atom. The van der Waals surface area contributed by atoms with E-state index in [9.17, 15) is 5.11 Å². The lowest BCUT2D eigenvalue weighted by Crippen LogP contribution is -2.36. The Kier molecular flexibility index (Phi) is 3.46. The number of β-amino-alcohol motifs (C(OH)–C–C–N with tert-alkyl or cyclic N) is 1.